The van der Waals surface area contributed by atoms with Gasteiger partial charge in [-0.05, 0) is 36.8 Å². The molecule has 0 unspecified atom stereocenters. The van der Waals surface area contributed by atoms with E-state index in [9.17, 15) is 9.59 Å². The summed E-state index contributed by atoms with van der Waals surface area (Å²) in [6.07, 6.45) is 1.39. The molecule has 116 valence electrons. The summed E-state index contributed by atoms with van der Waals surface area (Å²) >= 11 is 0. The monoisotopic (exact) mass is 292 g/mol. The lowest BCUT2D eigenvalue weighted by Gasteiger charge is -2.12. The van der Waals surface area contributed by atoms with Crippen LogP contribution in [0, 0.1) is 5.92 Å². The minimum atomic E-state index is -0.875. The van der Waals surface area contributed by atoms with Gasteiger partial charge >= 0.3 is 11.9 Å². The van der Waals surface area contributed by atoms with E-state index in [4.69, 9.17) is 9.84 Å². The Morgan fingerprint density at radius 2 is 1.76 bits per heavy atom. The van der Waals surface area contributed by atoms with Gasteiger partial charge < -0.3 is 9.84 Å². The van der Waals surface area contributed by atoms with E-state index in [0.717, 1.165) is 12.0 Å². The van der Waals surface area contributed by atoms with Crippen molar-refractivity contribution in [3.05, 3.63) is 35.4 Å². The molecular weight excluding hydrogens is 268 g/mol. The third-order valence-electron chi connectivity index (χ3n) is 3.26. The lowest BCUT2D eigenvalue weighted by atomic mass is 9.97. The molecular formula is C17H24O4. The SMILES string of the molecule is CC(C)Cc1ccc([C@@H](C)C(=O)OCCCC(=O)O)cc1. The minimum Gasteiger partial charge on any atom is -0.481 e. The van der Waals surface area contributed by atoms with Gasteiger partial charge in [0, 0.05) is 6.42 Å². The van der Waals surface area contributed by atoms with Crippen LogP contribution in [0.4, 0.5) is 0 Å². The van der Waals surface area contributed by atoms with E-state index >= 15 is 0 Å². The van der Waals surface area contributed by atoms with Crippen LogP contribution in [0.5, 0.6) is 0 Å². The molecule has 0 aliphatic carbocycles. The normalized spacial score (nSPS) is 12.2. The fourth-order valence-corrected chi connectivity index (χ4v) is 2.07. The Morgan fingerprint density at radius 1 is 1.14 bits per heavy atom. The Kier molecular flexibility index (Phi) is 6.92. The number of benzene rings is 1. The smallest absolute Gasteiger partial charge is 0.313 e. The number of rotatable bonds is 8. The number of carboxylic acids is 1. The Bertz CT molecular complexity index is 462. The average Bonchev–Trinajstić information content (AvgIpc) is 2.42. The molecule has 0 heterocycles. The predicted molar refractivity (Wildman–Crippen MR) is 81.2 cm³/mol. The second-order valence-electron chi connectivity index (χ2n) is 5.73. The zero-order valence-corrected chi connectivity index (χ0v) is 13.0. The predicted octanol–water partition coefficient (Wildman–Crippen LogP) is 3.40. The van der Waals surface area contributed by atoms with Gasteiger partial charge in [-0.3, -0.25) is 9.59 Å². The summed E-state index contributed by atoms with van der Waals surface area (Å²) in [5.41, 5.74) is 2.18. The third-order valence-corrected chi connectivity index (χ3v) is 3.26. The van der Waals surface area contributed by atoms with E-state index in [2.05, 4.69) is 13.8 Å². The van der Waals surface area contributed by atoms with Crippen molar-refractivity contribution in [2.24, 2.45) is 5.92 Å². The van der Waals surface area contributed by atoms with E-state index in [1.54, 1.807) is 6.92 Å². The molecule has 0 saturated carbocycles. The minimum absolute atomic E-state index is 0.0194. The van der Waals surface area contributed by atoms with Gasteiger partial charge in [-0.25, -0.2) is 0 Å². The number of carbonyl (C=O) groups excluding carboxylic acids is 1. The van der Waals surface area contributed by atoms with Crippen LogP contribution in [0.15, 0.2) is 24.3 Å². The highest BCUT2D eigenvalue weighted by atomic mass is 16.5. The molecule has 1 aromatic rings. The van der Waals surface area contributed by atoms with Crippen molar-refractivity contribution in [2.45, 2.75) is 46.0 Å². The van der Waals surface area contributed by atoms with Crippen LogP contribution in [-0.2, 0) is 20.7 Å². The molecule has 1 rings (SSSR count). The van der Waals surface area contributed by atoms with Gasteiger partial charge in [-0.1, -0.05) is 38.1 Å². The fraction of sp³-hybridized carbons (Fsp3) is 0.529. The highest BCUT2D eigenvalue weighted by Crippen LogP contribution is 2.19. The van der Waals surface area contributed by atoms with Gasteiger partial charge in [0.15, 0.2) is 0 Å². The number of hydrogen-bond acceptors (Lipinski definition) is 3. The highest BCUT2D eigenvalue weighted by molar-refractivity contribution is 5.77. The maximum absolute atomic E-state index is 11.9. The second-order valence-corrected chi connectivity index (χ2v) is 5.73. The molecule has 21 heavy (non-hydrogen) atoms. The summed E-state index contributed by atoms with van der Waals surface area (Å²) in [4.78, 5) is 22.2. The summed E-state index contributed by atoms with van der Waals surface area (Å²) in [6, 6.07) is 8.01. The zero-order valence-electron chi connectivity index (χ0n) is 13.0. The number of carbonyl (C=O) groups is 2. The van der Waals surface area contributed by atoms with E-state index in [0.29, 0.717) is 12.3 Å². The molecule has 0 fully saturated rings. The van der Waals surface area contributed by atoms with Gasteiger partial charge in [-0.2, -0.15) is 0 Å². The lowest BCUT2D eigenvalue weighted by molar-refractivity contribution is -0.146. The van der Waals surface area contributed by atoms with Crippen LogP contribution < -0.4 is 0 Å². The maximum Gasteiger partial charge on any atom is 0.313 e. The van der Waals surface area contributed by atoms with E-state index in [1.165, 1.54) is 5.56 Å². The first kappa shape index (κ1) is 17.2. The molecule has 4 heteroatoms. The summed E-state index contributed by atoms with van der Waals surface area (Å²) < 4.78 is 5.10. The zero-order chi connectivity index (χ0) is 15.8. The Labute approximate surface area is 126 Å². The maximum atomic E-state index is 11.9. The first-order chi connectivity index (χ1) is 9.90. The third kappa shape index (κ3) is 6.43. The van der Waals surface area contributed by atoms with E-state index < -0.39 is 5.97 Å². The first-order valence-corrected chi connectivity index (χ1v) is 7.37. The summed E-state index contributed by atoms with van der Waals surface area (Å²) in [7, 11) is 0. The fourth-order valence-electron chi connectivity index (χ4n) is 2.07. The summed E-state index contributed by atoms with van der Waals surface area (Å²) in [5, 5.41) is 8.51. The Morgan fingerprint density at radius 3 is 2.29 bits per heavy atom. The topological polar surface area (TPSA) is 63.6 Å². The van der Waals surface area contributed by atoms with Crippen molar-refractivity contribution in [3.63, 3.8) is 0 Å². The van der Waals surface area contributed by atoms with Crippen molar-refractivity contribution >= 4 is 11.9 Å². The summed E-state index contributed by atoms with van der Waals surface area (Å²) in [5.74, 6) is -0.910. The van der Waals surface area contributed by atoms with Crippen LogP contribution >= 0.6 is 0 Å². The molecule has 0 amide bonds. The number of aliphatic carboxylic acids is 1. The number of carboxylic acid groups (broad SMARTS) is 1. The number of esters is 1. The molecule has 0 aromatic heterocycles. The van der Waals surface area contributed by atoms with Gasteiger partial charge in [-0.15, -0.1) is 0 Å². The molecule has 0 spiro atoms. The van der Waals surface area contributed by atoms with Crippen molar-refractivity contribution in [3.8, 4) is 0 Å². The molecule has 0 radical (unpaired) electrons. The van der Waals surface area contributed by atoms with Crippen molar-refractivity contribution in [1.82, 2.24) is 0 Å². The van der Waals surface area contributed by atoms with Crippen LogP contribution in [0.3, 0.4) is 0 Å². The van der Waals surface area contributed by atoms with Gasteiger partial charge in [0.25, 0.3) is 0 Å². The summed E-state index contributed by atoms with van der Waals surface area (Å²) in [6.45, 7) is 6.30. The van der Waals surface area contributed by atoms with Crippen molar-refractivity contribution < 1.29 is 19.4 Å². The Hall–Kier alpha value is -1.84. The highest BCUT2D eigenvalue weighted by Gasteiger charge is 2.16. The van der Waals surface area contributed by atoms with Crippen LogP contribution in [0.1, 0.15) is 50.7 Å². The van der Waals surface area contributed by atoms with Crippen LogP contribution in [-0.4, -0.2) is 23.7 Å². The first-order valence-electron chi connectivity index (χ1n) is 7.37. The lowest BCUT2D eigenvalue weighted by Crippen LogP contribution is -2.14. The van der Waals surface area contributed by atoms with Gasteiger partial charge in [0.2, 0.25) is 0 Å². The van der Waals surface area contributed by atoms with Crippen molar-refractivity contribution in [1.29, 1.82) is 0 Å². The Balaban J connectivity index is 2.48. The average molecular weight is 292 g/mol. The molecule has 1 aromatic carbocycles. The molecule has 0 aliphatic rings. The molecule has 4 nitrogen and oxygen atoms in total. The number of ether oxygens (including phenoxy) is 1. The molecule has 0 bridgehead atoms. The molecule has 1 atom stereocenters. The van der Waals surface area contributed by atoms with E-state index in [1.807, 2.05) is 24.3 Å². The van der Waals surface area contributed by atoms with Gasteiger partial charge in [0.1, 0.15) is 0 Å². The quantitative estimate of drug-likeness (QED) is 0.589. The second kappa shape index (κ2) is 8.45. The van der Waals surface area contributed by atoms with Crippen molar-refractivity contribution in [2.75, 3.05) is 6.61 Å². The van der Waals surface area contributed by atoms with Crippen LogP contribution in [0.2, 0.25) is 0 Å². The molecule has 0 aliphatic heterocycles. The van der Waals surface area contributed by atoms with Gasteiger partial charge in [0.05, 0.1) is 12.5 Å². The van der Waals surface area contributed by atoms with Crippen LogP contribution in [0.25, 0.3) is 0 Å². The molecule has 0 saturated heterocycles. The largest absolute Gasteiger partial charge is 0.481 e. The standard InChI is InChI=1S/C17H24O4/c1-12(2)11-14-6-8-15(9-7-14)13(3)17(20)21-10-4-5-16(18)19/h6-9,12-13H,4-5,10-11H2,1-3H3,(H,18,19)/t13-/m1/s1. The number of hydrogen-bond donors (Lipinski definition) is 1. The van der Waals surface area contributed by atoms with E-state index in [-0.39, 0.29) is 24.9 Å². The molecule has 1 N–H and O–H groups in total.